The second kappa shape index (κ2) is 5.52. The summed E-state index contributed by atoms with van der Waals surface area (Å²) >= 11 is 0. The smallest absolute Gasteiger partial charge is 0.328 e. The molecule has 110 valence electrons. The van der Waals surface area contributed by atoms with E-state index in [1.165, 1.54) is 18.3 Å². The van der Waals surface area contributed by atoms with Crippen LogP contribution in [0.3, 0.4) is 0 Å². The van der Waals surface area contributed by atoms with Gasteiger partial charge in [-0.25, -0.2) is 4.79 Å². The van der Waals surface area contributed by atoms with Crippen molar-refractivity contribution in [3.05, 3.63) is 69.1 Å². The number of rotatable bonds is 3. The lowest BCUT2D eigenvalue weighted by Crippen LogP contribution is -2.14. The van der Waals surface area contributed by atoms with Crippen LogP contribution in [0.25, 0.3) is 11.4 Å². The first kappa shape index (κ1) is 13.6. The fourth-order valence-electron chi connectivity index (χ4n) is 1.82. The van der Waals surface area contributed by atoms with Gasteiger partial charge in [-0.3, -0.25) is 19.1 Å². The summed E-state index contributed by atoms with van der Waals surface area (Å²) in [6.07, 6.45) is 1.34. The maximum absolute atomic E-state index is 12.0. The molecule has 0 spiro atoms. The molecule has 2 aromatic heterocycles. The van der Waals surface area contributed by atoms with Gasteiger partial charge in [-0.05, 0) is 30.3 Å². The number of hydrogen-bond acceptors (Lipinski definition) is 5. The standard InChI is InChI=1S/C14H10N4O4/c19-11-6-3-9(7-15-11)13(20)16-10-4-1-8(2-5-10)12-17-14(21)22-18-12/h1-7H,(H,15,19)(H,16,20)(H,17,18,21). The van der Waals surface area contributed by atoms with Gasteiger partial charge in [0.05, 0.1) is 5.56 Å². The highest BCUT2D eigenvalue weighted by molar-refractivity contribution is 6.04. The highest BCUT2D eigenvalue weighted by atomic mass is 16.5. The molecule has 0 atom stereocenters. The van der Waals surface area contributed by atoms with E-state index in [0.29, 0.717) is 22.6 Å². The number of anilines is 1. The van der Waals surface area contributed by atoms with Crippen molar-refractivity contribution in [1.29, 1.82) is 0 Å². The molecule has 3 aromatic rings. The lowest BCUT2D eigenvalue weighted by atomic mass is 10.2. The number of aromatic nitrogens is 3. The summed E-state index contributed by atoms with van der Waals surface area (Å²) in [6, 6.07) is 9.38. The minimum Gasteiger partial charge on any atom is -0.328 e. The quantitative estimate of drug-likeness (QED) is 0.665. The Labute approximate surface area is 122 Å². The number of carbonyl (C=O) groups excluding carboxylic acids is 1. The van der Waals surface area contributed by atoms with Crippen LogP contribution in [0.15, 0.2) is 56.7 Å². The first-order valence-corrected chi connectivity index (χ1v) is 6.28. The molecule has 0 unspecified atom stereocenters. The Balaban J connectivity index is 1.76. The van der Waals surface area contributed by atoms with E-state index in [0.717, 1.165) is 0 Å². The number of hydrogen-bond donors (Lipinski definition) is 3. The van der Waals surface area contributed by atoms with Crippen molar-refractivity contribution >= 4 is 11.6 Å². The summed E-state index contributed by atoms with van der Waals surface area (Å²) in [7, 11) is 0. The molecule has 0 bridgehead atoms. The topological polar surface area (TPSA) is 121 Å². The van der Waals surface area contributed by atoms with Crippen molar-refractivity contribution in [1.82, 2.24) is 15.1 Å². The average Bonchev–Trinajstić information content (AvgIpc) is 2.95. The van der Waals surface area contributed by atoms with Crippen LogP contribution in [0, 0.1) is 0 Å². The molecule has 3 rings (SSSR count). The normalized spacial score (nSPS) is 10.4. The summed E-state index contributed by atoms with van der Waals surface area (Å²) in [6.45, 7) is 0. The lowest BCUT2D eigenvalue weighted by Gasteiger charge is -2.05. The Morgan fingerprint density at radius 2 is 1.86 bits per heavy atom. The average molecular weight is 298 g/mol. The van der Waals surface area contributed by atoms with Crippen molar-refractivity contribution < 1.29 is 9.32 Å². The van der Waals surface area contributed by atoms with Gasteiger partial charge in [-0.1, -0.05) is 5.16 Å². The van der Waals surface area contributed by atoms with Gasteiger partial charge in [-0.15, -0.1) is 0 Å². The Hall–Kier alpha value is -3.42. The zero-order chi connectivity index (χ0) is 15.5. The van der Waals surface area contributed by atoms with E-state index >= 15 is 0 Å². The zero-order valence-corrected chi connectivity index (χ0v) is 11.1. The SMILES string of the molecule is O=C(Nc1ccc(-c2noc(=O)[nH]2)cc1)c1ccc(=O)[nH]c1. The predicted molar refractivity (Wildman–Crippen MR) is 77.6 cm³/mol. The Morgan fingerprint density at radius 1 is 1.09 bits per heavy atom. The molecular weight excluding hydrogens is 288 g/mol. The molecular formula is C14H10N4O4. The maximum atomic E-state index is 12.0. The molecule has 2 heterocycles. The number of nitrogens with one attached hydrogen (secondary N) is 3. The third kappa shape index (κ3) is 2.85. The highest BCUT2D eigenvalue weighted by Crippen LogP contribution is 2.17. The summed E-state index contributed by atoms with van der Waals surface area (Å²) in [4.78, 5) is 38.7. The summed E-state index contributed by atoms with van der Waals surface area (Å²) in [5, 5.41) is 6.25. The number of amides is 1. The zero-order valence-electron chi connectivity index (χ0n) is 11.1. The van der Waals surface area contributed by atoms with Crippen molar-refractivity contribution in [2.75, 3.05) is 5.32 Å². The molecule has 0 aliphatic heterocycles. The largest absolute Gasteiger partial charge is 0.439 e. The Bertz CT molecular complexity index is 900. The van der Waals surface area contributed by atoms with Gasteiger partial charge in [0, 0.05) is 23.5 Å². The molecule has 0 fully saturated rings. The molecule has 1 aromatic carbocycles. The van der Waals surface area contributed by atoms with Crippen LogP contribution in [-0.4, -0.2) is 21.0 Å². The van der Waals surface area contributed by atoms with E-state index in [1.54, 1.807) is 24.3 Å². The monoisotopic (exact) mass is 298 g/mol. The number of H-pyrrole nitrogens is 2. The van der Waals surface area contributed by atoms with Gasteiger partial charge in [0.25, 0.3) is 5.91 Å². The minimum absolute atomic E-state index is 0.275. The fraction of sp³-hybridized carbons (Fsp3) is 0. The van der Waals surface area contributed by atoms with Gasteiger partial charge in [-0.2, -0.15) is 0 Å². The summed E-state index contributed by atoms with van der Waals surface area (Å²) in [5.41, 5.74) is 1.27. The van der Waals surface area contributed by atoms with Gasteiger partial charge >= 0.3 is 5.76 Å². The molecule has 8 heteroatoms. The van der Waals surface area contributed by atoms with Gasteiger partial charge < -0.3 is 10.3 Å². The number of aromatic amines is 2. The first-order chi connectivity index (χ1) is 10.6. The second-order valence-corrected chi connectivity index (χ2v) is 4.42. The van der Waals surface area contributed by atoms with E-state index in [4.69, 9.17) is 0 Å². The van der Waals surface area contributed by atoms with Crippen LogP contribution >= 0.6 is 0 Å². The van der Waals surface area contributed by atoms with E-state index in [2.05, 4.69) is 25.0 Å². The highest BCUT2D eigenvalue weighted by Gasteiger charge is 2.07. The molecule has 0 radical (unpaired) electrons. The lowest BCUT2D eigenvalue weighted by molar-refractivity contribution is 0.102. The molecule has 0 aliphatic rings. The van der Waals surface area contributed by atoms with E-state index in [-0.39, 0.29) is 11.5 Å². The molecule has 22 heavy (non-hydrogen) atoms. The molecule has 0 saturated carbocycles. The third-order valence-corrected chi connectivity index (χ3v) is 2.90. The molecule has 0 aliphatic carbocycles. The minimum atomic E-state index is -0.634. The van der Waals surface area contributed by atoms with Crippen LogP contribution in [-0.2, 0) is 0 Å². The fourth-order valence-corrected chi connectivity index (χ4v) is 1.82. The van der Waals surface area contributed by atoms with Crippen molar-refractivity contribution in [2.24, 2.45) is 0 Å². The van der Waals surface area contributed by atoms with Crippen LogP contribution in [0.4, 0.5) is 5.69 Å². The van der Waals surface area contributed by atoms with Crippen molar-refractivity contribution in [3.63, 3.8) is 0 Å². The molecule has 1 amide bonds. The summed E-state index contributed by atoms with van der Waals surface area (Å²) in [5.74, 6) is -0.673. The maximum Gasteiger partial charge on any atom is 0.439 e. The Kier molecular flexibility index (Phi) is 3.40. The summed E-state index contributed by atoms with van der Waals surface area (Å²) < 4.78 is 4.42. The second-order valence-electron chi connectivity index (χ2n) is 4.42. The molecule has 0 saturated heterocycles. The number of benzene rings is 1. The van der Waals surface area contributed by atoms with Crippen molar-refractivity contribution in [3.8, 4) is 11.4 Å². The van der Waals surface area contributed by atoms with E-state index in [1.807, 2.05) is 0 Å². The van der Waals surface area contributed by atoms with Gasteiger partial charge in [0.15, 0.2) is 5.82 Å². The predicted octanol–water partition coefficient (Wildman–Crippen LogP) is 0.970. The van der Waals surface area contributed by atoms with E-state index in [9.17, 15) is 14.4 Å². The van der Waals surface area contributed by atoms with Gasteiger partial charge in [0.2, 0.25) is 5.56 Å². The Morgan fingerprint density at radius 3 is 2.45 bits per heavy atom. The number of nitrogens with zero attached hydrogens (tertiary/aromatic N) is 1. The van der Waals surface area contributed by atoms with Crippen LogP contribution in [0.1, 0.15) is 10.4 Å². The number of carbonyl (C=O) groups is 1. The first-order valence-electron chi connectivity index (χ1n) is 6.28. The van der Waals surface area contributed by atoms with Crippen LogP contribution < -0.4 is 16.6 Å². The van der Waals surface area contributed by atoms with E-state index < -0.39 is 5.76 Å². The number of pyridine rings is 1. The van der Waals surface area contributed by atoms with Crippen LogP contribution in [0.2, 0.25) is 0 Å². The van der Waals surface area contributed by atoms with Crippen molar-refractivity contribution in [2.45, 2.75) is 0 Å². The molecule has 3 N–H and O–H groups in total. The van der Waals surface area contributed by atoms with Crippen LogP contribution in [0.5, 0.6) is 0 Å². The third-order valence-electron chi connectivity index (χ3n) is 2.90. The van der Waals surface area contributed by atoms with Gasteiger partial charge in [0.1, 0.15) is 0 Å². The molecule has 8 nitrogen and oxygen atoms in total.